The van der Waals surface area contributed by atoms with Crippen LogP contribution in [-0.4, -0.2) is 14.9 Å². The number of halogens is 2. The Labute approximate surface area is 126 Å². The van der Waals surface area contributed by atoms with Gasteiger partial charge < -0.3 is 5.11 Å². The Morgan fingerprint density at radius 1 is 1.47 bits per heavy atom. The van der Waals surface area contributed by atoms with E-state index in [4.69, 9.17) is 11.6 Å². The van der Waals surface area contributed by atoms with Gasteiger partial charge in [0.2, 0.25) is 0 Å². The molecule has 0 saturated heterocycles. The summed E-state index contributed by atoms with van der Waals surface area (Å²) in [6, 6.07) is 5.81. The van der Waals surface area contributed by atoms with Crippen molar-refractivity contribution >= 4 is 27.5 Å². The predicted molar refractivity (Wildman–Crippen MR) is 80.5 cm³/mol. The van der Waals surface area contributed by atoms with Crippen molar-refractivity contribution in [2.45, 2.75) is 32.9 Å². The summed E-state index contributed by atoms with van der Waals surface area (Å²) in [5, 5.41) is 15.3. The summed E-state index contributed by atoms with van der Waals surface area (Å²) in [4.78, 5) is 0. The first kappa shape index (κ1) is 14.6. The molecule has 1 heterocycles. The highest BCUT2D eigenvalue weighted by atomic mass is 79.9. The highest BCUT2D eigenvalue weighted by Gasteiger charge is 2.21. The van der Waals surface area contributed by atoms with E-state index < -0.39 is 6.10 Å². The molecule has 19 heavy (non-hydrogen) atoms. The zero-order valence-electron chi connectivity index (χ0n) is 10.9. The zero-order chi connectivity index (χ0) is 14.0. The fourth-order valence-electron chi connectivity index (χ4n) is 2.06. The fourth-order valence-corrected chi connectivity index (χ4v) is 2.79. The van der Waals surface area contributed by atoms with Crippen LogP contribution in [0.3, 0.4) is 0 Å². The number of nitrogens with zero attached hydrogens (tertiary/aromatic N) is 2. The van der Waals surface area contributed by atoms with Crippen molar-refractivity contribution in [1.29, 1.82) is 0 Å². The van der Waals surface area contributed by atoms with Gasteiger partial charge in [-0.05, 0) is 18.9 Å². The summed E-state index contributed by atoms with van der Waals surface area (Å²) in [7, 11) is 0. The van der Waals surface area contributed by atoms with Crippen LogP contribution in [0.4, 0.5) is 0 Å². The molecule has 3 nitrogen and oxygen atoms in total. The first-order valence-electron chi connectivity index (χ1n) is 6.20. The Bertz CT molecular complexity index is 583. The third-order valence-electron chi connectivity index (χ3n) is 3.04. The number of benzene rings is 1. The van der Waals surface area contributed by atoms with Crippen LogP contribution < -0.4 is 0 Å². The molecular formula is C14H16BrClN2O. The van der Waals surface area contributed by atoms with Gasteiger partial charge in [-0.1, -0.05) is 52.7 Å². The quantitative estimate of drug-likeness (QED) is 0.907. The van der Waals surface area contributed by atoms with Crippen LogP contribution in [0.2, 0.25) is 5.02 Å². The lowest BCUT2D eigenvalue weighted by Gasteiger charge is -2.16. The third kappa shape index (κ3) is 2.86. The minimum Gasteiger partial charge on any atom is -0.382 e. The molecule has 1 aromatic carbocycles. The van der Waals surface area contributed by atoms with E-state index in [9.17, 15) is 5.11 Å². The molecule has 0 aliphatic rings. The van der Waals surface area contributed by atoms with Gasteiger partial charge in [0.15, 0.2) is 0 Å². The van der Waals surface area contributed by atoms with Gasteiger partial charge in [0.1, 0.15) is 6.10 Å². The zero-order valence-corrected chi connectivity index (χ0v) is 13.2. The topological polar surface area (TPSA) is 38.0 Å². The molecule has 0 radical (unpaired) electrons. The van der Waals surface area contributed by atoms with E-state index in [1.165, 1.54) is 0 Å². The molecule has 1 N–H and O–H groups in total. The van der Waals surface area contributed by atoms with Crippen LogP contribution in [0.5, 0.6) is 0 Å². The van der Waals surface area contributed by atoms with Crippen LogP contribution >= 0.6 is 27.5 Å². The van der Waals surface area contributed by atoms with E-state index in [1.54, 1.807) is 10.9 Å². The minimum absolute atomic E-state index is 0.495. The molecule has 0 saturated carbocycles. The Hall–Kier alpha value is -0.840. The Morgan fingerprint density at radius 2 is 2.21 bits per heavy atom. The van der Waals surface area contributed by atoms with Gasteiger partial charge >= 0.3 is 0 Å². The molecule has 2 rings (SSSR count). The van der Waals surface area contributed by atoms with Crippen LogP contribution in [0.25, 0.3) is 0 Å². The van der Waals surface area contributed by atoms with Gasteiger partial charge in [-0.25, -0.2) is 0 Å². The molecular weight excluding hydrogens is 328 g/mol. The summed E-state index contributed by atoms with van der Waals surface area (Å²) in [5.74, 6) is 0. The Morgan fingerprint density at radius 3 is 2.89 bits per heavy atom. The molecule has 0 spiro atoms. The van der Waals surface area contributed by atoms with Crippen molar-refractivity contribution in [2.75, 3.05) is 0 Å². The van der Waals surface area contributed by atoms with Crippen molar-refractivity contribution in [3.8, 4) is 0 Å². The standard InChI is InChI=1S/C14H16BrClN2O/c1-3-7-18-13(11(16)8-17-18)14(19)10-6-4-5-9(2)12(10)15/h4-6,8,14,19H,3,7H2,1-2H3. The van der Waals surface area contributed by atoms with Gasteiger partial charge in [0, 0.05) is 16.6 Å². The monoisotopic (exact) mass is 342 g/mol. The number of aromatic nitrogens is 2. The summed E-state index contributed by atoms with van der Waals surface area (Å²) in [5.41, 5.74) is 2.53. The van der Waals surface area contributed by atoms with Gasteiger partial charge in [0.05, 0.1) is 16.9 Å². The second-order valence-electron chi connectivity index (χ2n) is 4.48. The van der Waals surface area contributed by atoms with Crippen molar-refractivity contribution in [3.63, 3.8) is 0 Å². The maximum Gasteiger partial charge on any atom is 0.123 e. The lowest BCUT2D eigenvalue weighted by molar-refractivity contribution is 0.206. The van der Waals surface area contributed by atoms with Gasteiger partial charge in [-0.15, -0.1) is 0 Å². The molecule has 1 unspecified atom stereocenters. The first-order chi connectivity index (χ1) is 9.06. The highest BCUT2D eigenvalue weighted by Crippen LogP contribution is 2.33. The number of aliphatic hydroxyl groups is 1. The highest BCUT2D eigenvalue weighted by molar-refractivity contribution is 9.10. The van der Waals surface area contributed by atoms with E-state index in [1.807, 2.05) is 25.1 Å². The first-order valence-corrected chi connectivity index (χ1v) is 7.37. The number of aliphatic hydroxyl groups excluding tert-OH is 1. The number of rotatable bonds is 4. The second kappa shape index (κ2) is 6.07. The van der Waals surface area contributed by atoms with Crippen LogP contribution in [0, 0.1) is 6.92 Å². The van der Waals surface area contributed by atoms with E-state index in [2.05, 4.69) is 28.0 Å². The molecule has 0 amide bonds. The summed E-state index contributed by atoms with van der Waals surface area (Å²) in [6.45, 7) is 4.79. The van der Waals surface area contributed by atoms with E-state index in [0.717, 1.165) is 28.6 Å². The van der Waals surface area contributed by atoms with Crippen molar-refractivity contribution < 1.29 is 5.11 Å². The minimum atomic E-state index is -0.782. The fraction of sp³-hybridized carbons (Fsp3) is 0.357. The summed E-state index contributed by atoms with van der Waals surface area (Å²) < 4.78 is 2.67. The number of hydrogen-bond donors (Lipinski definition) is 1. The second-order valence-corrected chi connectivity index (χ2v) is 5.68. The van der Waals surface area contributed by atoms with Gasteiger partial charge in [-0.2, -0.15) is 5.10 Å². The van der Waals surface area contributed by atoms with Crippen LogP contribution in [-0.2, 0) is 6.54 Å². The van der Waals surface area contributed by atoms with Gasteiger partial charge in [0.25, 0.3) is 0 Å². The molecule has 102 valence electrons. The maximum atomic E-state index is 10.6. The van der Waals surface area contributed by atoms with E-state index >= 15 is 0 Å². The van der Waals surface area contributed by atoms with Gasteiger partial charge in [-0.3, -0.25) is 4.68 Å². The molecule has 2 aromatic rings. The largest absolute Gasteiger partial charge is 0.382 e. The normalized spacial score (nSPS) is 12.7. The van der Waals surface area contributed by atoms with Crippen LogP contribution in [0.15, 0.2) is 28.9 Å². The molecule has 0 aliphatic carbocycles. The lowest BCUT2D eigenvalue weighted by atomic mass is 10.0. The van der Waals surface area contributed by atoms with Crippen molar-refractivity contribution in [3.05, 3.63) is 50.7 Å². The predicted octanol–water partition coefficient (Wildman–Crippen LogP) is 4.10. The van der Waals surface area contributed by atoms with Crippen molar-refractivity contribution in [2.24, 2.45) is 0 Å². The molecule has 5 heteroatoms. The third-order valence-corrected chi connectivity index (χ3v) is 4.42. The van der Waals surface area contributed by atoms with E-state index in [-0.39, 0.29) is 0 Å². The lowest BCUT2D eigenvalue weighted by Crippen LogP contribution is -2.11. The van der Waals surface area contributed by atoms with E-state index in [0.29, 0.717) is 10.7 Å². The molecule has 0 aliphatic heterocycles. The Balaban J connectivity index is 2.46. The van der Waals surface area contributed by atoms with Crippen LogP contribution in [0.1, 0.15) is 36.3 Å². The summed E-state index contributed by atoms with van der Waals surface area (Å²) in [6.07, 6.45) is 1.74. The SMILES string of the molecule is CCCn1ncc(Cl)c1C(O)c1cccc(C)c1Br. The maximum absolute atomic E-state index is 10.6. The van der Waals surface area contributed by atoms with Crippen molar-refractivity contribution in [1.82, 2.24) is 9.78 Å². The summed E-state index contributed by atoms with van der Waals surface area (Å²) >= 11 is 9.68. The average molecular weight is 344 g/mol. The molecule has 0 fully saturated rings. The molecule has 0 bridgehead atoms. The number of aryl methyl sites for hydroxylation is 2. The number of hydrogen-bond acceptors (Lipinski definition) is 2. The average Bonchev–Trinajstić information content (AvgIpc) is 2.74. The smallest absolute Gasteiger partial charge is 0.123 e. The Kier molecular flexibility index (Phi) is 4.66. The molecule has 1 atom stereocenters. The molecule has 1 aromatic heterocycles.